The molecule has 0 unspecified atom stereocenters. The molecule has 0 saturated heterocycles. The molecule has 1 aromatic heterocycles. The van der Waals surface area contributed by atoms with Crippen molar-refractivity contribution in [1.82, 2.24) is 10.3 Å². The van der Waals surface area contributed by atoms with Crippen molar-refractivity contribution in [3.63, 3.8) is 0 Å². The van der Waals surface area contributed by atoms with E-state index in [0.29, 0.717) is 5.15 Å². The van der Waals surface area contributed by atoms with Gasteiger partial charge in [-0.2, -0.15) is 0 Å². The molecule has 1 atom stereocenters. The van der Waals surface area contributed by atoms with Gasteiger partial charge < -0.3 is 5.32 Å². The molecule has 0 spiro atoms. The molecule has 0 fully saturated rings. The summed E-state index contributed by atoms with van der Waals surface area (Å²) in [6.45, 7) is 1.83. The second-order valence-corrected chi connectivity index (χ2v) is 6.58. The summed E-state index contributed by atoms with van der Waals surface area (Å²) in [5, 5.41) is 3.20. The second kappa shape index (κ2) is 8.76. The van der Waals surface area contributed by atoms with Gasteiger partial charge in [0, 0.05) is 23.4 Å². The number of pyridine rings is 1. The molecule has 1 N–H and O–H groups in total. The largest absolute Gasteiger partial charge is 0.346 e. The first-order valence-corrected chi connectivity index (χ1v) is 8.96. The van der Waals surface area contributed by atoms with E-state index in [4.69, 9.17) is 11.6 Å². The van der Waals surface area contributed by atoms with Gasteiger partial charge in [-0.1, -0.05) is 35.9 Å². The first-order chi connectivity index (χ1) is 13.4. The number of carbonyl (C=O) groups is 1. The number of rotatable bonds is 5. The molecule has 1 heterocycles. The molecular weight excluding hydrogens is 382 g/mol. The second-order valence-electron chi connectivity index (χ2n) is 6.19. The third kappa shape index (κ3) is 4.81. The molecule has 3 aromatic rings. The Balaban J connectivity index is 1.71. The Kier molecular flexibility index (Phi) is 6.16. The lowest BCUT2D eigenvalue weighted by atomic mass is 10.0. The minimum absolute atomic E-state index is 0.248. The van der Waals surface area contributed by atoms with Crippen LogP contribution in [0.3, 0.4) is 0 Å². The van der Waals surface area contributed by atoms with E-state index in [9.17, 15) is 13.6 Å². The van der Waals surface area contributed by atoms with E-state index in [-0.39, 0.29) is 11.6 Å². The van der Waals surface area contributed by atoms with Crippen molar-refractivity contribution in [3.8, 4) is 11.1 Å². The molecule has 3 rings (SSSR count). The van der Waals surface area contributed by atoms with Crippen molar-refractivity contribution in [2.24, 2.45) is 0 Å². The molecule has 142 valence electrons. The molecule has 6 heteroatoms. The minimum Gasteiger partial charge on any atom is -0.346 e. The van der Waals surface area contributed by atoms with Crippen molar-refractivity contribution in [3.05, 3.63) is 94.8 Å². The summed E-state index contributed by atoms with van der Waals surface area (Å²) in [6, 6.07) is 14.5. The van der Waals surface area contributed by atoms with E-state index in [0.717, 1.165) is 41.0 Å². The van der Waals surface area contributed by atoms with Gasteiger partial charge in [0.25, 0.3) is 0 Å². The maximum Gasteiger partial charge on any atom is 0.244 e. The summed E-state index contributed by atoms with van der Waals surface area (Å²) in [4.78, 5) is 16.2. The van der Waals surface area contributed by atoms with Crippen LogP contribution in [0.2, 0.25) is 5.15 Å². The highest BCUT2D eigenvalue weighted by Crippen LogP contribution is 2.23. The van der Waals surface area contributed by atoms with E-state index in [2.05, 4.69) is 10.3 Å². The first-order valence-electron chi connectivity index (χ1n) is 8.58. The van der Waals surface area contributed by atoms with Crippen LogP contribution < -0.4 is 5.32 Å². The molecule has 3 nitrogen and oxygen atoms in total. The van der Waals surface area contributed by atoms with Crippen LogP contribution in [0.4, 0.5) is 8.78 Å². The number of benzene rings is 2. The standard InChI is InChI=1S/C22H17ClF2N2O/c1-14(27-22(28)11-9-18-19(24)6-3-7-20(18)25)15-4-2-5-16(12-15)17-8-10-21(23)26-13-17/h2-14H,1H3,(H,27,28)/t14-/m0/s1. The number of aromatic nitrogens is 1. The predicted octanol–water partition coefficient (Wildman–Crippen LogP) is 5.57. The lowest BCUT2D eigenvalue weighted by Crippen LogP contribution is -2.24. The Bertz CT molecular complexity index is 999. The van der Waals surface area contributed by atoms with Crippen molar-refractivity contribution in [2.45, 2.75) is 13.0 Å². The van der Waals surface area contributed by atoms with E-state index in [1.54, 1.807) is 12.3 Å². The van der Waals surface area contributed by atoms with Crippen LogP contribution in [0.25, 0.3) is 17.2 Å². The van der Waals surface area contributed by atoms with Crippen LogP contribution in [0.15, 0.2) is 66.9 Å². The normalized spacial score (nSPS) is 12.1. The molecule has 2 aromatic carbocycles. The molecular formula is C22H17ClF2N2O. The summed E-state index contributed by atoms with van der Waals surface area (Å²) in [5.74, 6) is -1.89. The number of carbonyl (C=O) groups excluding carboxylic acids is 1. The van der Waals surface area contributed by atoms with Gasteiger partial charge in [-0.25, -0.2) is 13.8 Å². The fourth-order valence-electron chi connectivity index (χ4n) is 2.71. The van der Waals surface area contributed by atoms with Gasteiger partial charge in [-0.15, -0.1) is 0 Å². The summed E-state index contributed by atoms with van der Waals surface area (Å²) in [5.41, 5.74) is 2.47. The summed E-state index contributed by atoms with van der Waals surface area (Å²) < 4.78 is 27.2. The van der Waals surface area contributed by atoms with Crippen LogP contribution in [0.5, 0.6) is 0 Å². The maximum atomic E-state index is 13.6. The average Bonchev–Trinajstić information content (AvgIpc) is 2.68. The van der Waals surface area contributed by atoms with Crippen molar-refractivity contribution in [1.29, 1.82) is 0 Å². The average molecular weight is 399 g/mol. The molecule has 0 aliphatic rings. The number of nitrogens with zero attached hydrogens (tertiary/aromatic N) is 1. The van der Waals surface area contributed by atoms with E-state index < -0.39 is 17.5 Å². The van der Waals surface area contributed by atoms with E-state index >= 15 is 0 Å². The maximum absolute atomic E-state index is 13.6. The van der Waals surface area contributed by atoms with E-state index in [1.807, 2.05) is 37.3 Å². The van der Waals surface area contributed by atoms with Crippen LogP contribution in [-0.2, 0) is 4.79 Å². The fraction of sp³-hybridized carbons (Fsp3) is 0.0909. The van der Waals surface area contributed by atoms with Gasteiger partial charge in [0.15, 0.2) is 0 Å². The van der Waals surface area contributed by atoms with Crippen molar-refractivity contribution >= 4 is 23.6 Å². The molecule has 0 aliphatic carbocycles. The summed E-state index contributed by atoms with van der Waals surface area (Å²) >= 11 is 5.82. The zero-order valence-electron chi connectivity index (χ0n) is 15.0. The van der Waals surface area contributed by atoms with Crippen LogP contribution >= 0.6 is 11.6 Å². The number of amides is 1. The topological polar surface area (TPSA) is 42.0 Å². The minimum atomic E-state index is -0.721. The highest BCUT2D eigenvalue weighted by molar-refractivity contribution is 6.29. The highest BCUT2D eigenvalue weighted by atomic mass is 35.5. The zero-order chi connectivity index (χ0) is 20.1. The molecule has 0 aliphatic heterocycles. The molecule has 0 bridgehead atoms. The summed E-state index contributed by atoms with van der Waals surface area (Å²) in [6.07, 6.45) is 3.92. The number of halogens is 3. The molecule has 1 amide bonds. The SMILES string of the molecule is C[C@H](NC(=O)C=Cc1c(F)cccc1F)c1cccc(-c2ccc(Cl)nc2)c1. The zero-order valence-corrected chi connectivity index (χ0v) is 15.8. The Morgan fingerprint density at radius 3 is 2.46 bits per heavy atom. The van der Waals surface area contributed by atoms with Gasteiger partial charge in [0.2, 0.25) is 5.91 Å². The van der Waals surface area contributed by atoms with Crippen LogP contribution in [0.1, 0.15) is 24.1 Å². The third-order valence-electron chi connectivity index (χ3n) is 4.21. The third-order valence-corrected chi connectivity index (χ3v) is 4.43. The number of hydrogen-bond donors (Lipinski definition) is 1. The Hall–Kier alpha value is -3.05. The summed E-state index contributed by atoms with van der Waals surface area (Å²) in [7, 11) is 0. The van der Waals surface area contributed by atoms with Gasteiger partial charge in [0.05, 0.1) is 6.04 Å². The van der Waals surface area contributed by atoms with Crippen LogP contribution in [-0.4, -0.2) is 10.9 Å². The fourth-order valence-corrected chi connectivity index (χ4v) is 2.82. The Morgan fingerprint density at radius 2 is 1.79 bits per heavy atom. The smallest absolute Gasteiger partial charge is 0.244 e. The Labute approximate surface area is 166 Å². The van der Waals surface area contributed by atoms with Crippen molar-refractivity contribution < 1.29 is 13.6 Å². The molecule has 0 saturated carbocycles. The van der Waals surface area contributed by atoms with E-state index in [1.165, 1.54) is 6.07 Å². The monoisotopic (exact) mass is 398 g/mol. The number of nitrogens with one attached hydrogen (secondary N) is 1. The van der Waals surface area contributed by atoms with Crippen LogP contribution in [0, 0.1) is 11.6 Å². The first kappa shape index (κ1) is 19.7. The highest BCUT2D eigenvalue weighted by Gasteiger charge is 2.10. The Morgan fingerprint density at radius 1 is 1.07 bits per heavy atom. The quantitative estimate of drug-likeness (QED) is 0.451. The number of hydrogen-bond acceptors (Lipinski definition) is 2. The van der Waals surface area contributed by atoms with Gasteiger partial charge >= 0.3 is 0 Å². The van der Waals surface area contributed by atoms with Gasteiger partial charge in [0.1, 0.15) is 16.8 Å². The van der Waals surface area contributed by atoms with Gasteiger partial charge in [-0.05, 0) is 54.5 Å². The lowest BCUT2D eigenvalue weighted by Gasteiger charge is -2.14. The molecule has 28 heavy (non-hydrogen) atoms. The predicted molar refractivity (Wildman–Crippen MR) is 107 cm³/mol. The van der Waals surface area contributed by atoms with Gasteiger partial charge in [-0.3, -0.25) is 4.79 Å². The molecule has 0 radical (unpaired) electrons. The lowest BCUT2D eigenvalue weighted by molar-refractivity contribution is -0.117. The van der Waals surface area contributed by atoms with Crippen molar-refractivity contribution in [2.75, 3.05) is 0 Å².